The van der Waals surface area contributed by atoms with E-state index in [1.165, 1.54) is 6.29 Å². The lowest BCUT2D eigenvalue weighted by molar-refractivity contribution is 0.553. The van der Waals surface area contributed by atoms with Gasteiger partial charge in [-0.05, 0) is 0 Å². The summed E-state index contributed by atoms with van der Waals surface area (Å²) in [5.41, 5.74) is 3.68. The van der Waals surface area contributed by atoms with E-state index >= 15 is 0 Å². The first-order valence-electron chi connectivity index (χ1n) is 1.04. The Hall–Kier alpha value is -0.0800. The molecule has 2 N–H and O–H groups in total. The molecule has 0 bridgehead atoms. The molecule has 0 aliphatic carbocycles. The van der Waals surface area contributed by atoms with Crippen LogP contribution in [0.1, 0.15) is 0 Å². The zero-order valence-electron chi connectivity index (χ0n) is 2.44. The fraction of sp³-hybridized carbons (Fsp3) is 0.500. The highest BCUT2D eigenvalue weighted by Gasteiger charge is 1.85. The summed E-state index contributed by atoms with van der Waals surface area (Å²) in [6, 6.07) is 0. The van der Waals surface area contributed by atoms with Crippen LogP contribution in [-0.2, 0) is 4.79 Å². The van der Waals surface area contributed by atoms with Gasteiger partial charge in [0.25, 0.3) is 0 Å². The Labute approximate surface area is 34.9 Å². The monoisotopic (exact) mass is 92.0 g/mol. The van der Waals surface area contributed by atoms with Crippen molar-refractivity contribution in [2.45, 2.75) is 5.50 Å². The van der Waals surface area contributed by atoms with Crippen LogP contribution in [0, 0.1) is 0 Å². The van der Waals surface area contributed by atoms with Gasteiger partial charge < -0.3 is 5.73 Å². The highest BCUT2D eigenvalue weighted by Crippen LogP contribution is 1.72. The van der Waals surface area contributed by atoms with Crippen molar-refractivity contribution < 1.29 is 4.79 Å². The van der Waals surface area contributed by atoms with Crippen LogP contribution in [0.3, 0.4) is 0 Å². The van der Waals surface area contributed by atoms with Crippen molar-refractivity contribution in [3.63, 3.8) is 0 Å². The summed E-state index contributed by atoms with van der Waals surface area (Å²) >= 11 is 4.82. The lowest BCUT2D eigenvalue weighted by atomic mass is 10.8. The summed E-state index contributed by atoms with van der Waals surface area (Å²) in [5.74, 6) is 0. The van der Waals surface area contributed by atoms with Gasteiger partial charge in [0, 0.05) is 0 Å². The van der Waals surface area contributed by atoms with E-state index in [2.05, 4.69) is 5.73 Å². The first-order valence-corrected chi connectivity index (χ1v) is 1.48. The summed E-state index contributed by atoms with van der Waals surface area (Å²) in [6.45, 7) is 0. The molecular weight excluding hydrogens is 89.5 g/mol. The molecule has 0 spiro atoms. The third-order valence-corrected chi connectivity index (χ3v) is 0.202. The average molecular weight is 92.5 g/mol. The first kappa shape index (κ1) is 4.92. The van der Waals surface area contributed by atoms with Gasteiger partial charge in [0.2, 0.25) is 6.29 Å². The molecule has 0 fully saturated rings. The molecule has 0 saturated heterocycles. The number of hydrogen-bond acceptors (Lipinski definition) is 2. The zero-order chi connectivity index (χ0) is 4.28. The smallest absolute Gasteiger partial charge is 0.233 e. The molecule has 29 valence electrons. The summed E-state index contributed by atoms with van der Waals surface area (Å²) in [6.07, 6.45) is 1.32. The lowest BCUT2D eigenvalue weighted by Gasteiger charge is -1.75. The van der Waals surface area contributed by atoms with Gasteiger partial charge in [-0.15, -0.1) is 0 Å². The van der Waals surface area contributed by atoms with Gasteiger partial charge in [0.15, 0.2) is 0 Å². The standard InChI is InChI=1S/C2H3ClNO/c3-2(4)1-5/h2H,4H2. The van der Waals surface area contributed by atoms with Gasteiger partial charge in [-0.1, -0.05) is 11.6 Å². The molecule has 5 heavy (non-hydrogen) atoms. The Kier molecular flexibility index (Phi) is 2.14. The topological polar surface area (TPSA) is 43.1 Å². The van der Waals surface area contributed by atoms with Crippen molar-refractivity contribution in [2.24, 2.45) is 5.73 Å². The third-order valence-electron chi connectivity index (χ3n) is 0.113. The molecule has 0 aromatic heterocycles. The summed E-state index contributed by atoms with van der Waals surface area (Å²) < 4.78 is 0. The molecule has 0 aliphatic heterocycles. The van der Waals surface area contributed by atoms with Crippen LogP contribution < -0.4 is 5.73 Å². The van der Waals surface area contributed by atoms with Crippen LogP contribution in [0.25, 0.3) is 0 Å². The third kappa shape index (κ3) is 3.92. The number of rotatable bonds is 1. The van der Waals surface area contributed by atoms with Crippen LogP contribution in [0.15, 0.2) is 0 Å². The summed E-state index contributed by atoms with van der Waals surface area (Å²) in [7, 11) is 0. The van der Waals surface area contributed by atoms with Crippen LogP contribution in [-0.4, -0.2) is 11.8 Å². The Morgan fingerprint density at radius 2 is 2.20 bits per heavy atom. The predicted molar refractivity (Wildman–Crippen MR) is 19.5 cm³/mol. The van der Waals surface area contributed by atoms with Crippen molar-refractivity contribution in [1.29, 1.82) is 0 Å². The van der Waals surface area contributed by atoms with E-state index < -0.39 is 5.50 Å². The van der Waals surface area contributed by atoms with Gasteiger partial charge in [0.1, 0.15) is 5.50 Å². The van der Waals surface area contributed by atoms with Gasteiger partial charge in [-0.3, -0.25) is 4.79 Å². The van der Waals surface area contributed by atoms with Crippen molar-refractivity contribution in [3.05, 3.63) is 0 Å². The van der Waals surface area contributed by atoms with Gasteiger partial charge in [0.05, 0.1) is 0 Å². The normalized spacial score (nSPS) is 14.0. The molecule has 1 radical (unpaired) electrons. The molecule has 1 unspecified atom stereocenters. The second kappa shape index (κ2) is 2.18. The molecule has 3 heteroatoms. The van der Waals surface area contributed by atoms with E-state index in [0.717, 1.165) is 0 Å². The minimum Gasteiger partial charge on any atom is -0.309 e. The fourth-order valence-corrected chi connectivity index (χ4v) is 0. The largest absolute Gasteiger partial charge is 0.309 e. The number of hydrogen-bond donors (Lipinski definition) is 1. The quantitative estimate of drug-likeness (QED) is 0.354. The Morgan fingerprint density at radius 3 is 2.20 bits per heavy atom. The van der Waals surface area contributed by atoms with Crippen molar-refractivity contribution in [3.8, 4) is 0 Å². The van der Waals surface area contributed by atoms with E-state index in [-0.39, 0.29) is 0 Å². The van der Waals surface area contributed by atoms with Crippen molar-refractivity contribution in [2.75, 3.05) is 0 Å². The lowest BCUT2D eigenvalue weighted by Crippen LogP contribution is -2.11. The van der Waals surface area contributed by atoms with E-state index in [4.69, 9.17) is 16.4 Å². The van der Waals surface area contributed by atoms with Crippen LogP contribution >= 0.6 is 11.6 Å². The molecule has 0 rings (SSSR count). The molecule has 1 atom stereocenters. The van der Waals surface area contributed by atoms with Gasteiger partial charge >= 0.3 is 0 Å². The molecule has 2 nitrogen and oxygen atoms in total. The van der Waals surface area contributed by atoms with Crippen LogP contribution in [0.5, 0.6) is 0 Å². The fourth-order valence-electron chi connectivity index (χ4n) is 0. The molecule has 0 aromatic carbocycles. The second-order valence-corrected chi connectivity index (χ2v) is 0.990. The number of alkyl halides is 1. The zero-order valence-corrected chi connectivity index (χ0v) is 3.20. The predicted octanol–water partition coefficient (Wildman–Crippen LogP) is -0.380. The van der Waals surface area contributed by atoms with Crippen LogP contribution in [0.2, 0.25) is 0 Å². The SMILES string of the molecule is NC(Cl)[C]=O. The minimum atomic E-state index is -0.949. The molecule has 0 heterocycles. The maximum absolute atomic E-state index is 9.12. The number of nitrogens with two attached hydrogens (primary N) is 1. The first-order chi connectivity index (χ1) is 2.27. The van der Waals surface area contributed by atoms with Gasteiger partial charge in [-0.25, -0.2) is 0 Å². The summed E-state index contributed by atoms with van der Waals surface area (Å²) in [4.78, 5) is 9.12. The molecule has 0 saturated carbocycles. The molecule has 0 aliphatic rings. The maximum Gasteiger partial charge on any atom is 0.233 e. The van der Waals surface area contributed by atoms with E-state index in [1.807, 2.05) is 0 Å². The van der Waals surface area contributed by atoms with Crippen molar-refractivity contribution >= 4 is 17.9 Å². The highest BCUT2D eigenvalue weighted by atomic mass is 35.5. The van der Waals surface area contributed by atoms with Crippen LogP contribution in [0.4, 0.5) is 0 Å². The van der Waals surface area contributed by atoms with Gasteiger partial charge in [-0.2, -0.15) is 0 Å². The second-order valence-electron chi connectivity index (χ2n) is 0.520. The Bertz CT molecular complexity index is 36.6. The number of carbonyl (C=O) groups excluding carboxylic acids is 1. The molecule has 0 aromatic rings. The minimum absolute atomic E-state index is 0.949. The Morgan fingerprint density at radius 1 is 2.00 bits per heavy atom. The average Bonchev–Trinajstić information content (AvgIpc) is 1.38. The van der Waals surface area contributed by atoms with E-state index in [1.54, 1.807) is 0 Å². The molecular formula is C2H3ClNO. The highest BCUT2D eigenvalue weighted by molar-refractivity contribution is 6.27. The van der Waals surface area contributed by atoms with E-state index in [9.17, 15) is 0 Å². The van der Waals surface area contributed by atoms with Crippen molar-refractivity contribution in [1.82, 2.24) is 0 Å². The van der Waals surface area contributed by atoms with E-state index in [0.29, 0.717) is 0 Å². The summed E-state index contributed by atoms with van der Waals surface area (Å²) in [5, 5.41) is 0. The molecule has 0 amide bonds. The Balaban J connectivity index is 2.83. The number of halogens is 1. The maximum atomic E-state index is 9.12.